The van der Waals surface area contributed by atoms with E-state index in [2.05, 4.69) is 20.6 Å². The minimum absolute atomic E-state index is 0.190. The van der Waals surface area contributed by atoms with Crippen molar-refractivity contribution in [2.45, 2.75) is 0 Å². The minimum Gasteiger partial charge on any atom is -0.323 e. The van der Waals surface area contributed by atoms with Crippen LogP contribution in [0.4, 0.5) is 17.3 Å². The van der Waals surface area contributed by atoms with Crippen LogP contribution in [0.2, 0.25) is 15.1 Å². The van der Waals surface area contributed by atoms with Crippen molar-refractivity contribution in [3.8, 4) is 0 Å². The Kier molecular flexibility index (Phi) is 5.38. The second-order valence-electron chi connectivity index (χ2n) is 4.96. The molecule has 0 atom stereocenters. The number of nitrogens with one attached hydrogen (secondary N) is 2. The molecule has 0 unspecified atom stereocenters. The Morgan fingerprint density at radius 1 is 1.00 bits per heavy atom. The maximum Gasteiger partial charge on any atom is 0.274 e. The molecule has 0 aliphatic carbocycles. The molecule has 1 aromatic heterocycles. The van der Waals surface area contributed by atoms with Gasteiger partial charge in [-0.1, -0.05) is 46.9 Å². The minimum atomic E-state index is -0.384. The number of amides is 1. The van der Waals surface area contributed by atoms with E-state index in [1.165, 1.54) is 12.3 Å². The van der Waals surface area contributed by atoms with Crippen LogP contribution in [-0.4, -0.2) is 15.9 Å². The van der Waals surface area contributed by atoms with Gasteiger partial charge in [-0.05, 0) is 36.4 Å². The first-order valence-electron chi connectivity index (χ1n) is 7.14. The second kappa shape index (κ2) is 7.70. The molecule has 0 fully saturated rings. The largest absolute Gasteiger partial charge is 0.323 e. The van der Waals surface area contributed by atoms with Gasteiger partial charge in [0.1, 0.15) is 5.69 Å². The average Bonchev–Trinajstić information content (AvgIpc) is 2.59. The zero-order chi connectivity index (χ0) is 17.8. The molecule has 5 nitrogen and oxygen atoms in total. The number of carbonyl (C=O) groups is 1. The molecule has 0 aliphatic rings. The van der Waals surface area contributed by atoms with E-state index in [0.29, 0.717) is 26.4 Å². The summed E-state index contributed by atoms with van der Waals surface area (Å²) in [5.41, 5.74) is 1.31. The number of benzene rings is 2. The summed E-state index contributed by atoms with van der Waals surface area (Å²) in [5.74, 6) is -0.159. The van der Waals surface area contributed by atoms with Gasteiger partial charge in [0.2, 0.25) is 5.95 Å². The molecule has 1 heterocycles. The van der Waals surface area contributed by atoms with E-state index in [9.17, 15) is 4.79 Å². The predicted molar refractivity (Wildman–Crippen MR) is 101 cm³/mol. The lowest BCUT2D eigenvalue weighted by Crippen LogP contribution is -2.14. The number of carbonyl (C=O) groups excluding carboxylic acids is 1. The van der Waals surface area contributed by atoms with Crippen molar-refractivity contribution < 1.29 is 4.79 Å². The number of aromatic nitrogens is 2. The number of anilines is 3. The summed E-state index contributed by atoms with van der Waals surface area (Å²) in [6.07, 6.45) is 1.47. The van der Waals surface area contributed by atoms with Crippen molar-refractivity contribution >= 4 is 58.0 Å². The number of hydrogen-bond donors (Lipinski definition) is 2. The maximum atomic E-state index is 12.3. The van der Waals surface area contributed by atoms with Gasteiger partial charge in [-0.15, -0.1) is 0 Å². The van der Waals surface area contributed by atoms with Crippen LogP contribution in [0.1, 0.15) is 10.5 Å². The summed E-state index contributed by atoms with van der Waals surface area (Å²) in [4.78, 5) is 20.6. The van der Waals surface area contributed by atoms with Gasteiger partial charge in [-0.2, -0.15) is 0 Å². The van der Waals surface area contributed by atoms with Crippen molar-refractivity contribution in [3.05, 3.63) is 75.5 Å². The van der Waals surface area contributed by atoms with Gasteiger partial charge < -0.3 is 10.6 Å². The molecule has 0 radical (unpaired) electrons. The third-order valence-corrected chi connectivity index (χ3v) is 4.22. The van der Waals surface area contributed by atoms with Gasteiger partial charge >= 0.3 is 0 Å². The highest BCUT2D eigenvalue weighted by Crippen LogP contribution is 2.30. The van der Waals surface area contributed by atoms with Crippen molar-refractivity contribution in [1.29, 1.82) is 0 Å². The first-order valence-corrected chi connectivity index (χ1v) is 8.27. The standard InChI is InChI=1S/C17H11Cl3N4O/c18-10-3-1-4-11(9-10)22-16(25)14-7-8-21-17(24-14)23-13-6-2-5-12(19)15(13)20/h1-9H,(H,22,25)(H,21,23,24). The van der Waals surface area contributed by atoms with Crippen molar-refractivity contribution in [2.24, 2.45) is 0 Å². The van der Waals surface area contributed by atoms with Crippen LogP contribution < -0.4 is 10.6 Å². The van der Waals surface area contributed by atoms with Crippen molar-refractivity contribution in [3.63, 3.8) is 0 Å². The summed E-state index contributed by atoms with van der Waals surface area (Å²) >= 11 is 18.0. The second-order valence-corrected chi connectivity index (χ2v) is 6.18. The molecule has 0 spiro atoms. The average molecular weight is 394 g/mol. The van der Waals surface area contributed by atoms with Crippen LogP contribution >= 0.6 is 34.8 Å². The van der Waals surface area contributed by atoms with Crippen LogP contribution in [0, 0.1) is 0 Å². The quantitative estimate of drug-likeness (QED) is 0.620. The molecule has 2 N–H and O–H groups in total. The van der Waals surface area contributed by atoms with Gasteiger partial charge in [-0.3, -0.25) is 4.79 Å². The number of nitrogens with zero attached hydrogens (tertiary/aromatic N) is 2. The number of rotatable bonds is 4. The first-order chi connectivity index (χ1) is 12.0. The molecule has 3 rings (SSSR count). The smallest absolute Gasteiger partial charge is 0.274 e. The Bertz CT molecular complexity index is 933. The molecule has 0 saturated carbocycles. The van der Waals surface area contributed by atoms with Gasteiger partial charge in [0.15, 0.2) is 0 Å². The van der Waals surface area contributed by atoms with Crippen LogP contribution in [0.5, 0.6) is 0 Å². The van der Waals surface area contributed by atoms with Crippen LogP contribution in [0.15, 0.2) is 54.7 Å². The fraction of sp³-hybridized carbons (Fsp3) is 0. The molecule has 0 bridgehead atoms. The predicted octanol–water partition coefficient (Wildman–Crippen LogP) is 5.43. The zero-order valence-corrected chi connectivity index (χ0v) is 14.9. The Labute approximate surface area is 159 Å². The first kappa shape index (κ1) is 17.5. The lowest BCUT2D eigenvalue weighted by molar-refractivity contribution is 0.102. The Morgan fingerprint density at radius 2 is 1.80 bits per heavy atom. The highest BCUT2D eigenvalue weighted by molar-refractivity contribution is 6.43. The molecule has 0 aliphatic heterocycles. The third kappa shape index (κ3) is 4.39. The molecule has 1 amide bonds. The topological polar surface area (TPSA) is 66.9 Å². The molecular formula is C17H11Cl3N4O. The number of hydrogen-bond acceptors (Lipinski definition) is 4. The van der Waals surface area contributed by atoms with E-state index in [-0.39, 0.29) is 17.5 Å². The van der Waals surface area contributed by atoms with E-state index in [0.717, 1.165) is 0 Å². The molecule has 0 saturated heterocycles. The summed E-state index contributed by atoms with van der Waals surface area (Å²) in [6, 6.07) is 13.5. The highest BCUT2D eigenvalue weighted by Gasteiger charge is 2.11. The van der Waals surface area contributed by atoms with E-state index in [1.807, 2.05) is 0 Å². The van der Waals surface area contributed by atoms with Crippen LogP contribution in [-0.2, 0) is 0 Å². The molecule has 126 valence electrons. The van der Waals surface area contributed by atoms with Crippen molar-refractivity contribution in [1.82, 2.24) is 9.97 Å². The highest BCUT2D eigenvalue weighted by atomic mass is 35.5. The molecule has 2 aromatic carbocycles. The molecule has 8 heteroatoms. The fourth-order valence-electron chi connectivity index (χ4n) is 2.03. The normalized spacial score (nSPS) is 10.4. The SMILES string of the molecule is O=C(Nc1cccc(Cl)c1)c1ccnc(Nc2cccc(Cl)c2Cl)n1. The lowest BCUT2D eigenvalue weighted by atomic mass is 10.3. The summed E-state index contributed by atoms with van der Waals surface area (Å²) < 4.78 is 0. The summed E-state index contributed by atoms with van der Waals surface area (Å²) in [7, 11) is 0. The Hall–Kier alpha value is -2.34. The molecule has 3 aromatic rings. The number of halogens is 3. The van der Waals surface area contributed by atoms with Crippen molar-refractivity contribution in [2.75, 3.05) is 10.6 Å². The van der Waals surface area contributed by atoms with Gasteiger partial charge in [0.25, 0.3) is 5.91 Å². The van der Waals surface area contributed by atoms with E-state index in [1.54, 1.807) is 42.5 Å². The van der Waals surface area contributed by atoms with E-state index < -0.39 is 0 Å². The summed E-state index contributed by atoms with van der Waals surface area (Å²) in [6.45, 7) is 0. The van der Waals surface area contributed by atoms with Gasteiger partial charge in [0.05, 0.1) is 15.7 Å². The fourth-order valence-corrected chi connectivity index (χ4v) is 2.57. The van der Waals surface area contributed by atoms with E-state index in [4.69, 9.17) is 34.8 Å². The van der Waals surface area contributed by atoms with Crippen LogP contribution in [0.25, 0.3) is 0 Å². The van der Waals surface area contributed by atoms with Gasteiger partial charge in [-0.25, -0.2) is 9.97 Å². The summed E-state index contributed by atoms with van der Waals surface area (Å²) in [5, 5.41) is 6.94. The Morgan fingerprint density at radius 3 is 2.60 bits per heavy atom. The maximum absolute atomic E-state index is 12.3. The molecule has 25 heavy (non-hydrogen) atoms. The van der Waals surface area contributed by atoms with E-state index >= 15 is 0 Å². The zero-order valence-electron chi connectivity index (χ0n) is 12.6. The monoisotopic (exact) mass is 392 g/mol. The molecular weight excluding hydrogens is 383 g/mol. The Balaban J connectivity index is 1.79. The third-order valence-electron chi connectivity index (χ3n) is 3.17. The lowest BCUT2D eigenvalue weighted by Gasteiger charge is -2.09. The van der Waals surface area contributed by atoms with Gasteiger partial charge in [0, 0.05) is 16.9 Å². The van der Waals surface area contributed by atoms with Crippen LogP contribution in [0.3, 0.4) is 0 Å².